The van der Waals surface area contributed by atoms with Crippen molar-refractivity contribution in [2.75, 3.05) is 26.2 Å². The zero-order valence-corrected chi connectivity index (χ0v) is 26.8. The van der Waals surface area contributed by atoms with Crippen molar-refractivity contribution in [1.82, 2.24) is 35.2 Å². The minimum atomic E-state index is -0.554. The van der Waals surface area contributed by atoms with Gasteiger partial charge in [0.2, 0.25) is 5.91 Å². The van der Waals surface area contributed by atoms with E-state index >= 15 is 0 Å². The van der Waals surface area contributed by atoms with Crippen molar-refractivity contribution in [2.24, 2.45) is 5.92 Å². The number of carbonyl (C=O) groups is 2. The number of amides is 2. The summed E-state index contributed by atoms with van der Waals surface area (Å²) in [6.45, 7) is 11.5. The lowest BCUT2D eigenvalue weighted by Gasteiger charge is -2.38. The van der Waals surface area contributed by atoms with Gasteiger partial charge in [-0.1, -0.05) is 30.3 Å². The van der Waals surface area contributed by atoms with Crippen LogP contribution in [0.15, 0.2) is 30.3 Å². The molecule has 3 unspecified atom stereocenters. The number of benzene rings is 1. The molecule has 3 aliphatic heterocycles. The first-order valence-electron chi connectivity index (χ1n) is 16.3. The highest BCUT2D eigenvalue weighted by Crippen LogP contribution is 2.45. The first-order chi connectivity index (χ1) is 21.1. The van der Waals surface area contributed by atoms with Crippen LogP contribution in [0, 0.1) is 25.2 Å². The summed E-state index contributed by atoms with van der Waals surface area (Å²) in [6, 6.07) is 11.1. The standard InChI is InChI=1S/C34H49N7O3/c1-6-7-8-12-18-39-22-26(23-39)32(42)35-21-31-38-37-24(2)41(31)30-20-27-15-16-29(30)40(27)19-17-28(25-13-10-9-11-14-25)36-33(43)44-34(3,4)5/h1,9-11,13-14,26-30H,7-8,12,15-23H2,2-5H3,(H,35,42)(H,36,43)/t27?,28-,29?,30?/m0/s1. The van der Waals surface area contributed by atoms with E-state index in [1.807, 2.05) is 45.9 Å². The van der Waals surface area contributed by atoms with E-state index in [1.54, 1.807) is 0 Å². The van der Waals surface area contributed by atoms with E-state index in [2.05, 4.69) is 53.3 Å². The Morgan fingerprint density at radius 3 is 2.59 bits per heavy atom. The summed E-state index contributed by atoms with van der Waals surface area (Å²) in [5.74, 6) is 4.53. The number of ether oxygens (including phenoxy) is 1. The van der Waals surface area contributed by atoms with Gasteiger partial charge in [0.1, 0.15) is 11.4 Å². The number of rotatable bonds is 13. The molecule has 2 amide bonds. The quantitative estimate of drug-likeness (QED) is 0.259. The molecule has 0 spiro atoms. The Labute approximate surface area is 262 Å². The van der Waals surface area contributed by atoms with Crippen molar-refractivity contribution in [1.29, 1.82) is 0 Å². The normalized spacial score (nSPS) is 22.8. The molecule has 10 nitrogen and oxygen atoms in total. The second-order valence-corrected chi connectivity index (χ2v) is 13.6. The van der Waals surface area contributed by atoms with Crippen molar-refractivity contribution < 1.29 is 14.3 Å². The maximum Gasteiger partial charge on any atom is 0.408 e. The first kappa shape index (κ1) is 32.0. The average molecular weight is 604 g/mol. The van der Waals surface area contributed by atoms with E-state index in [4.69, 9.17) is 11.2 Å². The molecule has 4 heterocycles. The molecule has 2 bridgehead atoms. The number of nitrogens with one attached hydrogen (secondary N) is 2. The van der Waals surface area contributed by atoms with Crippen LogP contribution in [0.2, 0.25) is 0 Å². The number of fused-ring (bicyclic) bond motifs is 2. The Bertz CT molecular complexity index is 1310. The van der Waals surface area contributed by atoms with Crippen LogP contribution in [0.5, 0.6) is 0 Å². The van der Waals surface area contributed by atoms with Crippen molar-refractivity contribution in [3.63, 3.8) is 0 Å². The third-order valence-electron chi connectivity index (χ3n) is 9.28. The monoisotopic (exact) mass is 603 g/mol. The SMILES string of the molecule is C#CCCCCN1CC(C(=O)NCc2nnc(C)n2C2CC3CCC2N3CC[C@H](NC(=O)OC(C)(C)C)c2ccccc2)C1. The maximum absolute atomic E-state index is 12.9. The Kier molecular flexibility index (Phi) is 10.3. The molecule has 44 heavy (non-hydrogen) atoms. The molecule has 3 saturated heterocycles. The highest BCUT2D eigenvalue weighted by molar-refractivity contribution is 5.79. The molecule has 1 aromatic heterocycles. The van der Waals surface area contributed by atoms with Gasteiger partial charge in [-0.15, -0.1) is 22.5 Å². The number of unbranched alkanes of at least 4 members (excludes halogenated alkanes) is 2. The van der Waals surface area contributed by atoms with Gasteiger partial charge in [0.15, 0.2) is 5.82 Å². The average Bonchev–Trinajstić information content (AvgIpc) is 3.64. The number of nitrogens with zero attached hydrogens (tertiary/aromatic N) is 5. The van der Waals surface area contributed by atoms with Gasteiger partial charge in [-0.2, -0.15) is 0 Å². The van der Waals surface area contributed by atoms with Gasteiger partial charge < -0.3 is 24.8 Å². The van der Waals surface area contributed by atoms with Gasteiger partial charge in [-0.05, 0) is 78.3 Å². The summed E-state index contributed by atoms with van der Waals surface area (Å²) < 4.78 is 7.85. The van der Waals surface area contributed by atoms with E-state index in [0.717, 1.165) is 81.9 Å². The van der Waals surface area contributed by atoms with Crippen molar-refractivity contribution >= 4 is 12.0 Å². The lowest BCUT2D eigenvalue weighted by molar-refractivity contribution is -0.130. The molecular formula is C34H49N7O3. The lowest BCUT2D eigenvalue weighted by atomic mass is 9.95. The summed E-state index contributed by atoms with van der Waals surface area (Å²) in [7, 11) is 0. The number of carbonyl (C=O) groups excluding carboxylic acids is 2. The largest absolute Gasteiger partial charge is 0.444 e. The fraction of sp³-hybridized carbons (Fsp3) is 0.647. The Balaban J connectivity index is 1.17. The number of aryl methyl sites for hydroxylation is 1. The predicted octanol–water partition coefficient (Wildman–Crippen LogP) is 4.37. The molecule has 1 aromatic carbocycles. The molecule has 3 aliphatic rings. The first-order valence-corrected chi connectivity index (χ1v) is 16.3. The molecule has 3 fully saturated rings. The molecule has 2 N–H and O–H groups in total. The van der Waals surface area contributed by atoms with Crippen LogP contribution in [0.4, 0.5) is 4.79 Å². The fourth-order valence-electron chi connectivity index (χ4n) is 7.19. The Morgan fingerprint density at radius 1 is 1.09 bits per heavy atom. The highest BCUT2D eigenvalue weighted by Gasteiger charge is 2.48. The minimum absolute atomic E-state index is 0.0323. The summed E-state index contributed by atoms with van der Waals surface area (Å²) in [5, 5.41) is 15.2. The van der Waals surface area contributed by atoms with Crippen LogP contribution in [0.1, 0.15) is 95.0 Å². The number of hydrogen-bond donors (Lipinski definition) is 2. The van der Waals surface area contributed by atoms with Crippen molar-refractivity contribution in [3.05, 3.63) is 47.5 Å². The molecular weight excluding hydrogens is 554 g/mol. The number of hydrogen-bond acceptors (Lipinski definition) is 7. The smallest absolute Gasteiger partial charge is 0.408 e. The highest BCUT2D eigenvalue weighted by atomic mass is 16.6. The van der Waals surface area contributed by atoms with Gasteiger partial charge in [0.05, 0.1) is 24.5 Å². The second kappa shape index (κ2) is 14.1. The van der Waals surface area contributed by atoms with E-state index in [-0.39, 0.29) is 23.9 Å². The van der Waals surface area contributed by atoms with E-state index in [1.165, 1.54) is 6.42 Å². The second-order valence-electron chi connectivity index (χ2n) is 13.6. The molecule has 2 aromatic rings. The summed E-state index contributed by atoms with van der Waals surface area (Å²) in [4.78, 5) is 30.5. The molecule has 0 saturated carbocycles. The molecule has 0 aliphatic carbocycles. The van der Waals surface area contributed by atoms with E-state index in [0.29, 0.717) is 18.6 Å². The van der Waals surface area contributed by atoms with Gasteiger partial charge >= 0.3 is 6.09 Å². The fourth-order valence-corrected chi connectivity index (χ4v) is 7.19. The molecule has 238 valence electrons. The van der Waals surface area contributed by atoms with Crippen LogP contribution >= 0.6 is 0 Å². The summed E-state index contributed by atoms with van der Waals surface area (Å²) >= 11 is 0. The van der Waals surface area contributed by atoms with Crippen LogP contribution < -0.4 is 10.6 Å². The van der Waals surface area contributed by atoms with Crippen LogP contribution in [0.3, 0.4) is 0 Å². The molecule has 4 atom stereocenters. The minimum Gasteiger partial charge on any atom is -0.444 e. The van der Waals surface area contributed by atoms with Crippen molar-refractivity contribution in [2.45, 2.75) is 109 Å². The van der Waals surface area contributed by atoms with Gasteiger partial charge in [0.25, 0.3) is 0 Å². The third kappa shape index (κ3) is 7.80. The summed E-state index contributed by atoms with van der Waals surface area (Å²) in [6.07, 6.45) is 12.0. The zero-order valence-electron chi connectivity index (χ0n) is 26.8. The predicted molar refractivity (Wildman–Crippen MR) is 170 cm³/mol. The lowest BCUT2D eigenvalue weighted by Crippen LogP contribution is -2.53. The number of aromatic nitrogens is 3. The number of terminal acetylenes is 1. The van der Waals surface area contributed by atoms with Gasteiger partial charge in [-0.25, -0.2) is 4.79 Å². The topological polar surface area (TPSA) is 105 Å². The van der Waals surface area contributed by atoms with E-state index < -0.39 is 11.7 Å². The molecule has 0 radical (unpaired) electrons. The van der Waals surface area contributed by atoms with Crippen LogP contribution in [-0.4, -0.2) is 80.4 Å². The number of likely N-dealkylation sites (tertiary alicyclic amines) is 1. The maximum atomic E-state index is 12.9. The van der Waals surface area contributed by atoms with Crippen LogP contribution in [0.25, 0.3) is 0 Å². The summed E-state index contributed by atoms with van der Waals surface area (Å²) in [5.41, 5.74) is 0.522. The van der Waals surface area contributed by atoms with Gasteiger partial charge in [0, 0.05) is 38.1 Å². The van der Waals surface area contributed by atoms with E-state index in [9.17, 15) is 9.59 Å². The zero-order chi connectivity index (χ0) is 31.3. The Morgan fingerprint density at radius 2 is 1.86 bits per heavy atom. The molecule has 5 rings (SSSR count). The van der Waals surface area contributed by atoms with Crippen LogP contribution in [-0.2, 0) is 16.1 Å². The van der Waals surface area contributed by atoms with Crippen molar-refractivity contribution in [3.8, 4) is 12.3 Å². The molecule has 10 heteroatoms. The number of alkyl carbamates (subject to hydrolysis) is 1. The van der Waals surface area contributed by atoms with Gasteiger partial charge in [-0.3, -0.25) is 9.69 Å². The third-order valence-corrected chi connectivity index (χ3v) is 9.28. The Hall–Kier alpha value is -3.42.